The fourth-order valence-electron chi connectivity index (χ4n) is 4.48. The number of nitrogens with zero attached hydrogens (tertiary/aromatic N) is 1. The van der Waals surface area contributed by atoms with Crippen molar-refractivity contribution in [1.82, 2.24) is 4.90 Å². The second kappa shape index (κ2) is 5.63. The molecular formula is C16H27NO. The van der Waals surface area contributed by atoms with Gasteiger partial charge in [0.25, 0.3) is 0 Å². The van der Waals surface area contributed by atoms with Gasteiger partial charge in [0, 0.05) is 18.5 Å². The molecule has 0 aromatic rings. The molecule has 0 aromatic carbocycles. The fourth-order valence-corrected chi connectivity index (χ4v) is 4.48. The molecule has 2 saturated carbocycles. The number of piperidine rings is 1. The number of hydrogen-bond acceptors (Lipinski definition) is 1. The Morgan fingerprint density at radius 1 is 0.778 bits per heavy atom. The molecule has 3 fully saturated rings. The third-order valence-corrected chi connectivity index (χ3v) is 5.48. The van der Waals surface area contributed by atoms with Gasteiger partial charge in [-0.25, -0.2) is 0 Å². The molecule has 1 aliphatic heterocycles. The molecular weight excluding hydrogens is 222 g/mol. The van der Waals surface area contributed by atoms with Crippen LogP contribution >= 0.6 is 0 Å². The molecule has 18 heavy (non-hydrogen) atoms. The number of amides is 1. The topological polar surface area (TPSA) is 20.3 Å². The number of carbonyl (C=O) groups excluding carboxylic acids is 1. The van der Waals surface area contributed by atoms with Gasteiger partial charge in [-0.2, -0.15) is 0 Å². The predicted octanol–water partition coefficient (Wildman–Crippen LogP) is 3.75. The van der Waals surface area contributed by atoms with Crippen LogP contribution in [0.3, 0.4) is 0 Å². The lowest BCUT2D eigenvalue weighted by Gasteiger charge is -2.45. The maximum Gasteiger partial charge on any atom is 0.225 e. The molecule has 102 valence electrons. The lowest BCUT2D eigenvalue weighted by molar-refractivity contribution is -0.143. The third kappa shape index (κ3) is 2.44. The highest BCUT2D eigenvalue weighted by molar-refractivity contribution is 5.79. The molecule has 1 heterocycles. The summed E-state index contributed by atoms with van der Waals surface area (Å²) in [7, 11) is 0. The quantitative estimate of drug-likeness (QED) is 0.693. The van der Waals surface area contributed by atoms with Crippen LogP contribution in [0.25, 0.3) is 0 Å². The van der Waals surface area contributed by atoms with E-state index in [1.165, 1.54) is 57.8 Å². The van der Waals surface area contributed by atoms with Gasteiger partial charge >= 0.3 is 0 Å². The number of carbonyl (C=O) groups is 1. The molecule has 1 saturated heterocycles. The maximum absolute atomic E-state index is 12.7. The molecule has 2 nitrogen and oxygen atoms in total. The lowest BCUT2D eigenvalue weighted by atomic mass is 9.77. The molecule has 0 spiro atoms. The van der Waals surface area contributed by atoms with Crippen molar-refractivity contribution in [3.05, 3.63) is 0 Å². The van der Waals surface area contributed by atoms with Crippen LogP contribution in [0.15, 0.2) is 0 Å². The van der Waals surface area contributed by atoms with Gasteiger partial charge in [0.1, 0.15) is 0 Å². The first-order valence-electron chi connectivity index (χ1n) is 8.17. The fraction of sp³-hybridized carbons (Fsp3) is 0.938. The Bertz CT molecular complexity index is 293. The van der Waals surface area contributed by atoms with Gasteiger partial charge in [0.05, 0.1) is 0 Å². The summed E-state index contributed by atoms with van der Waals surface area (Å²) in [5.74, 6) is 1.73. The second-order valence-corrected chi connectivity index (χ2v) is 6.62. The second-order valence-electron chi connectivity index (χ2n) is 6.62. The minimum atomic E-state index is 0.374. The van der Waals surface area contributed by atoms with Crippen LogP contribution in [0.5, 0.6) is 0 Å². The summed E-state index contributed by atoms with van der Waals surface area (Å²) < 4.78 is 0. The molecule has 2 aliphatic carbocycles. The van der Waals surface area contributed by atoms with Crippen molar-refractivity contribution >= 4 is 5.91 Å². The highest BCUT2D eigenvalue weighted by Gasteiger charge is 2.37. The van der Waals surface area contributed by atoms with E-state index >= 15 is 0 Å². The van der Waals surface area contributed by atoms with Crippen LogP contribution in [0, 0.1) is 11.8 Å². The average Bonchev–Trinajstić information content (AvgIpc) is 2.47. The molecule has 3 rings (SSSR count). The SMILES string of the molecule is O=C(C1CCCCC1)N1CCC[C@H]2CCCC[C@@H]21. The Morgan fingerprint density at radius 2 is 1.44 bits per heavy atom. The monoisotopic (exact) mass is 249 g/mol. The largest absolute Gasteiger partial charge is 0.339 e. The maximum atomic E-state index is 12.7. The Balaban J connectivity index is 1.67. The van der Waals surface area contributed by atoms with Crippen molar-refractivity contribution < 1.29 is 4.79 Å². The minimum Gasteiger partial charge on any atom is -0.339 e. The molecule has 0 radical (unpaired) electrons. The first-order chi connectivity index (χ1) is 8.86. The third-order valence-electron chi connectivity index (χ3n) is 5.48. The highest BCUT2D eigenvalue weighted by Crippen LogP contribution is 2.37. The van der Waals surface area contributed by atoms with Crippen LogP contribution in [-0.4, -0.2) is 23.4 Å². The van der Waals surface area contributed by atoms with Crippen LogP contribution in [-0.2, 0) is 4.79 Å². The van der Waals surface area contributed by atoms with Crippen molar-refractivity contribution in [3.63, 3.8) is 0 Å². The zero-order valence-corrected chi connectivity index (χ0v) is 11.6. The Hall–Kier alpha value is -0.530. The van der Waals surface area contributed by atoms with Gasteiger partial charge in [-0.1, -0.05) is 32.1 Å². The molecule has 2 heteroatoms. The zero-order chi connectivity index (χ0) is 12.4. The normalized spacial score (nSPS) is 34.1. The van der Waals surface area contributed by atoms with E-state index in [0.717, 1.165) is 25.3 Å². The summed E-state index contributed by atoms with van der Waals surface area (Å²) in [6.45, 7) is 1.05. The summed E-state index contributed by atoms with van der Waals surface area (Å²) in [6, 6.07) is 0.613. The van der Waals surface area contributed by atoms with Gasteiger partial charge in [0.15, 0.2) is 0 Å². The van der Waals surface area contributed by atoms with E-state index in [1.54, 1.807) is 0 Å². The molecule has 0 unspecified atom stereocenters. The van der Waals surface area contributed by atoms with Crippen molar-refractivity contribution in [2.45, 2.75) is 76.7 Å². The van der Waals surface area contributed by atoms with E-state index in [2.05, 4.69) is 4.90 Å². The molecule has 2 atom stereocenters. The van der Waals surface area contributed by atoms with E-state index < -0.39 is 0 Å². The Morgan fingerprint density at radius 3 is 2.28 bits per heavy atom. The molecule has 1 amide bonds. The summed E-state index contributed by atoms with van der Waals surface area (Å²) in [5, 5.41) is 0. The van der Waals surface area contributed by atoms with Crippen LogP contribution < -0.4 is 0 Å². The molecule has 0 aromatic heterocycles. The van der Waals surface area contributed by atoms with Gasteiger partial charge < -0.3 is 4.90 Å². The van der Waals surface area contributed by atoms with Gasteiger partial charge in [-0.3, -0.25) is 4.79 Å². The predicted molar refractivity (Wildman–Crippen MR) is 73.3 cm³/mol. The number of rotatable bonds is 1. The van der Waals surface area contributed by atoms with E-state index in [4.69, 9.17) is 0 Å². The van der Waals surface area contributed by atoms with Crippen molar-refractivity contribution in [2.24, 2.45) is 11.8 Å². The van der Waals surface area contributed by atoms with Gasteiger partial charge in [-0.15, -0.1) is 0 Å². The molecule has 0 N–H and O–H groups in total. The average molecular weight is 249 g/mol. The van der Waals surface area contributed by atoms with Crippen LogP contribution in [0.4, 0.5) is 0 Å². The van der Waals surface area contributed by atoms with E-state index in [-0.39, 0.29) is 0 Å². The Labute approximate surface area is 111 Å². The van der Waals surface area contributed by atoms with E-state index in [9.17, 15) is 4.79 Å². The van der Waals surface area contributed by atoms with Gasteiger partial charge in [0.2, 0.25) is 5.91 Å². The first kappa shape index (κ1) is 12.5. The number of fused-ring (bicyclic) bond motifs is 1. The van der Waals surface area contributed by atoms with Crippen molar-refractivity contribution in [2.75, 3.05) is 6.54 Å². The van der Waals surface area contributed by atoms with E-state index in [1.807, 2.05) is 0 Å². The van der Waals surface area contributed by atoms with Crippen LogP contribution in [0.2, 0.25) is 0 Å². The van der Waals surface area contributed by atoms with Crippen molar-refractivity contribution in [1.29, 1.82) is 0 Å². The standard InChI is InChI=1S/C16H27NO/c18-16(14-8-2-1-3-9-14)17-12-6-10-13-7-4-5-11-15(13)17/h13-15H,1-12H2/t13-,15+/m1/s1. The summed E-state index contributed by atoms with van der Waals surface area (Å²) in [4.78, 5) is 15.0. The summed E-state index contributed by atoms with van der Waals surface area (Å²) >= 11 is 0. The number of likely N-dealkylation sites (tertiary alicyclic amines) is 1. The molecule has 3 aliphatic rings. The zero-order valence-electron chi connectivity index (χ0n) is 11.6. The summed E-state index contributed by atoms with van der Waals surface area (Å²) in [5.41, 5.74) is 0. The summed E-state index contributed by atoms with van der Waals surface area (Å²) in [6.07, 6.45) is 14.2. The minimum absolute atomic E-state index is 0.374. The first-order valence-corrected chi connectivity index (χ1v) is 8.17. The molecule has 0 bridgehead atoms. The number of hydrogen-bond donors (Lipinski definition) is 0. The van der Waals surface area contributed by atoms with E-state index in [0.29, 0.717) is 17.9 Å². The Kier molecular flexibility index (Phi) is 3.91. The van der Waals surface area contributed by atoms with Crippen molar-refractivity contribution in [3.8, 4) is 0 Å². The van der Waals surface area contributed by atoms with Crippen LogP contribution in [0.1, 0.15) is 70.6 Å². The highest BCUT2D eigenvalue weighted by atomic mass is 16.2. The van der Waals surface area contributed by atoms with Gasteiger partial charge in [-0.05, 0) is 44.4 Å². The smallest absolute Gasteiger partial charge is 0.225 e. The lowest BCUT2D eigenvalue weighted by Crippen LogP contribution is -2.51.